The third kappa shape index (κ3) is 5.65. The average Bonchev–Trinajstić information content (AvgIpc) is 3.83. The van der Waals surface area contributed by atoms with Crippen molar-refractivity contribution in [3.05, 3.63) is 187 Å². The molecule has 0 amide bonds. The van der Waals surface area contributed by atoms with E-state index < -0.39 is 0 Å². The number of rotatable bonds is 5. The van der Waals surface area contributed by atoms with E-state index in [1.165, 1.54) is 67.3 Å². The maximum atomic E-state index is 5.24. The molecule has 3 aromatic heterocycles. The molecule has 3 heterocycles. The molecule has 0 atom stereocenters. The van der Waals surface area contributed by atoms with E-state index in [2.05, 4.69) is 195 Å². The summed E-state index contributed by atoms with van der Waals surface area (Å²) in [6.07, 6.45) is 2.35. The molecule has 1 aliphatic rings. The second-order valence-corrected chi connectivity index (χ2v) is 18.3. The van der Waals surface area contributed by atoms with Gasteiger partial charge in [0.05, 0.1) is 22.1 Å². The van der Waals surface area contributed by atoms with Crippen LogP contribution in [0.4, 0.5) is 0 Å². The Balaban J connectivity index is 1.04. The van der Waals surface area contributed by atoms with Crippen molar-refractivity contribution in [3.8, 4) is 45.5 Å². The summed E-state index contributed by atoms with van der Waals surface area (Å²) in [5, 5.41) is 7.47. The second-order valence-electron chi connectivity index (χ2n) is 18.3. The van der Waals surface area contributed by atoms with Crippen LogP contribution >= 0.6 is 0 Å². The van der Waals surface area contributed by atoms with Crippen LogP contribution in [0.5, 0.6) is 0 Å². The molecule has 1 aliphatic carbocycles. The lowest BCUT2D eigenvalue weighted by atomic mass is 9.63. The summed E-state index contributed by atoms with van der Waals surface area (Å²) in [4.78, 5) is 15.5. The molecule has 5 nitrogen and oxygen atoms in total. The van der Waals surface area contributed by atoms with Gasteiger partial charge in [0.25, 0.3) is 0 Å². The number of hydrogen-bond acceptors (Lipinski definition) is 3. The van der Waals surface area contributed by atoms with Crippen LogP contribution in [-0.4, -0.2) is 24.1 Å². The Bertz CT molecular complexity index is 3560. The molecule has 5 heteroatoms. The number of benzene rings is 8. The van der Waals surface area contributed by atoms with Gasteiger partial charge < -0.3 is 9.13 Å². The number of fused-ring (bicyclic) bond motifs is 9. The molecule has 0 saturated heterocycles. The summed E-state index contributed by atoms with van der Waals surface area (Å²) >= 11 is 0. The highest BCUT2D eigenvalue weighted by atomic mass is 15.0. The predicted molar refractivity (Wildman–Crippen MR) is 258 cm³/mol. The molecule has 8 aromatic carbocycles. The number of nitrogens with zero attached hydrogens (tertiary/aromatic N) is 5. The minimum atomic E-state index is 0.0851. The van der Waals surface area contributed by atoms with Crippen LogP contribution in [0.15, 0.2) is 176 Å². The van der Waals surface area contributed by atoms with Crippen LogP contribution < -0.4 is 0 Å². The second kappa shape index (κ2) is 13.6. The summed E-state index contributed by atoms with van der Waals surface area (Å²) in [5.74, 6) is 1.91. The van der Waals surface area contributed by atoms with E-state index >= 15 is 0 Å². The average molecular weight is 800 g/mol. The van der Waals surface area contributed by atoms with Gasteiger partial charge in [0, 0.05) is 55.0 Å². The van der Waals surface area contributed by atoms with E-state index in [0.717, 1.165) is 39.1 Å². The third-order valence-electron chi connectivity index (χ3n) is 13.6. The lowest BCUT2D eigenvalue weighted by Gasteiger charge is -2.42. The largest absolute Gasteiger partial charge is 0.309 e. The van der Waals surface area contributed by atoms with Crippen molar-refractivity contribution in [2.45, 2.75) is 51.4 Å². The van der Waals surface area contributed by atoms with Gasteiger partial charge >= 0.3 is 0 Å². The van der Waals surface area contributed by atoms with Crippen molar-refractivity contribution in [2.24, 2.45) is 0 Å². The number of para-hydroxylation sites is 2. The third-order valence-corrected chi connectivity index (χ3v) is 13.6. The standard InChI is InChI=1S/C57H45N5/c1-56(2)31-32-57(3,4)48-35-51-46(34-47(48)56)45-30-25-36-15-11-12-20-42(36)52(45)62(51)41-27-23-38(24-28-41)54-58-53(37-16-7-5-8-17-37)59-55(60-54)39-26-29-44-43-21-13-14-22-49(43)61(50(44)33-39)40-18-9-6-10-19-40/h5-30,33-35H,31-32H2,1-4H3. The van der Waals surface area contributed by atoms with E-state index in [1.54, 1.807) is 0 Å². The highest BCUT2D eigenvalue weighted by molar-refractivity contribution is 6.19. The maximum absolute atomic E-state index is 5.24. The highest BCUT2D eigenvalue weighted by Gasteiger charge is 2.38. The van der Waals surface area contributed by atoms with Crippen LogP contribution in [0.2, 0.25) is 0 Å². The first-order valence-corrected chi connectivity index (χ1v) is 21.7. The van der Waals surface area contributed by atoms with Crippen LogP contribution in [-0.2, 0) is 10.8 Å². The van der Waals surface area contributed by atoms with Gasteiger partial charge in [-0.25, -0.2) is 15.0 Å². The van der Waals surface area contributed by atoms with Gasteiger partial charge in [-0.05, 0) is 101 Å². The molecule has 62 heavy (non-hydrogen) atoms. The van der Waals surface area contributed by atoms with Crippen LogP contribution in [0.3, 0.4) is 0 Å². The summed E-state index contributed by atoms with van der Waals surface area (Å²) in [6, 6.07) is 63.2. The van der Waals surface area contributed by atoms with Gasteiger partial charge in [-0.3, -0.25) is 0 Å². The van der Waals surface area contributed by atoms with Gasteiger partial charge in [-0.2, -0.15) is 0 Å². The van der Waals surface area contributed by atoms with Gasteiger partial charge in [0.15, 0.2) is 17.5 Å². The van der Waals surface area contributed by atoms with Crippen molar-refractivity contribution in [1.29, 1.82) is 0 Å². The lowest BCUT2D eigenvalue weighted by Crippen LogP contribution is -2.33. The van der Waals surface area contributed by atoms with Crippen molar-refractivity contribution < 1.29 is 0 Å². The van der Waals surface area contributed by atoms with E-state index in [9.17, 15) is 0 Å². The first-order chi connectivity index (χ1) is 30.2. The molecular weight excluding hydrogens is 755 g/mol. The summed E-state index contributed by atoms with van der Waals surface area (Å²) < 4.78 is 4.83. The Hall–Kier alpha value is -7.37. The normalized spacial score (nSPS) is 14.6. The van der Waals surface area contributed by atoms with E-state index in [-0.39, 0.29) is 10.8 Å². The Morgan fingerprint density at radius 1 is 0.371 bits per heavy atom. The highest BCUT2D eigenvalue weighted by Crippen LogP contribution is 2.49. The minimum Gasteiger partial charge on any atom is -0.309 e. The zero-order valence-corrected chi connectivity index (χ0v) is 35.4. The topological polar surface area (TPSA) is 48.5 Å². The van der Waals surface area contributed by atoms with Crippen molar-refractivity contribution in [2.75, 3.05) is 0 Å². The molecule has 0 bridgehead atoms. The monoisotopic (exact) mass is 799 g/mol. The number of hydrogen-bond donors (Lipinski definition) is 0. The molecule has 0 unspecified atom stereocenters. The molecule has 0 fully saturated rings. The summed E-state index contributed by atoms with van der Waals surface area (Å²) in [5.41, 5.74) is 12.9. The smallest absolute Gasteiger partial charge is 0.164 e. The minimum absolute atomic E-state index is 0.0851. The first kappa shape index (κ1) is 36.5. The van der Waals surface area contributed by atoms with Crippen molar-refractivity contribution in [3.63, 3.8) is 0 Å². The van der Waals surface area contributed by atoms with Crippen LogP contribution in [0.1, 0.15) is 51.7 Å². The Kier molecular flexibility index (Phi) is 7.98. The molecule has 298 valence electrons. The van der Waals surface area contributed by atoms with Crippen molar-refractivity contribution >= 4 is 54.4 Å². The fourth-order valence-corrected chi connectivity index (χ4v) is 10.2. The van der Waals surface area contributed by atoms with Gasteiger partial charge in [0.2, 0.25) is 0 Å². The van der Waals surface area contributed by atoms with Gasteiger partial charge in [-0.15, -0.1) is 0 Å². The SMILES string of the molecule is CC1(C)CCC(C)(C)c2cc3c(cc21)c1ccc2ccccc2c1n3-c1ccc(-c2nc(-c3ccccc3)nc(-c3ccc4c5ccccc5n(-c5ccccc5)c4c3)n2)cc1. The first-order valence-electron chi connectivity index (χ1n) is 21.7. The van der Waals surface area contributed by atoms with E-state index in [0.29, 0.717) is 17.5 Å². The Morgan fingerprint density at radius 3 is 1.61 bits per heavy atom. The molecule has 0 spiro atoms. The van der Waals surface area contributed by atoms with Gasteiger partial charge in [0.1, 0.15) is 0 Å². The molecule has 0 radical (unpaired) electrons. The molecule has 12 rings (SSSR count). The van der Waals surface area contributed by atoms with Crippen molar-refractivity contribution in [1.82, 2.24) is 24.1 Å². The van der Waals surface area contributed by atoms with E-state index in [1.807, 2.05) is 18.2 Å². The molecule has 0 saturated carbocycles. The number of aromatic nitrogens is 5. The fraction of sp³-hybridized carbons (Fsp3) is 0.140. The lowest BCUT2D eigenvalue weighted by molar-refractivity contribution is 0.332. The van der Waals surface area contributed by atoms with Crippen LogP contribution in [0.25, 0.3) is 99.9 Å². The fourth-order valence-electron chi connectivity index (χ4n) is 10.2. The zero-order chi connectivity index (χ0) is 41.7. The molecule has 11 aromatic rings. The zero-order valence-electron chi connectivity index (χ0n) is 35.4. The van der Waals surface area contributed by atoms with E-state index in [4.69, 9.17) is 15.0 Å². The summed E-state index contributed by atoms with van der Waals surface area (Å²) in [6.45, 7) is 9.66. The quantitative estimate of drug-likeness (QED) is 0.174. The predicted octanol–water partition coefficient (Wildman–Crippen LogP) is 14.6. The Morgan fingerprint density at radius 2 is 0.887 bits per heavy atom. The molecular formula is C57H45N5. The van der Waals surface area contributed by atoms with Crippen LogP contribution in [0, 0.1) is 0 Å². The Labute approximate surface area is 361 Å². The maximum Gasteiger partial charge on any atom is 0.164 e. The summed E-state index contributed by atoms with van der Waals surface area (Å²) in [7, 11) is 0. The molecule has 0 N–H and O–H groups in total. The van der Waals surface area contributed by atoms with Gasteiger partial charge in [-0.1, -0.05) is 143 Å². The molecule has 0 aliphatic heterocycles.